The average Bonchev–Trinajstić information content (AvgIpc) is 2.50. The van der Waals surface area contributed by atoms with Crippen LogP contribution < -0.4 is 5.32 Å². The van der Waals surface area contributed by atoms with Gasteiger partial charge in [-0.25, -0.2) is 0 Å². The van der Waals surface area contributed by atoms with E-state index < -0.39 is 0 Å². The number of nitrogens with one attached hydrogen (secondary N) is 1. The third kappa shape index (κ3) is 1.69. The SMILES string of the molecule is CCC(C)c1noc(NC)n1. The lowest BCUT2D eigenvalue weighted by atomic mass is 10.1. The highest BCUT2D eigenvalue weighted by Crippen LogP contribution is 2.15. The number of hydrogen-bond acceptors (Lipinski definition) is 4. The van der Waals surface area contributed by atoms with Gasteiger partial charge < -0.3 is 9.84 Å². The minimum absolute atomic E-state index is 0.376. The summed E-state index contributed by atoms with van der Waals surface area (Å²) < 4.78 is 4.86. The van der Waals surface area contributed by atoms with E-state index in [4.69, 9.17) is 4.52 Å². The largest absolute Gasteiger partial charge is 0.341 e. The van der Waals surface area contributed by atoms with Crippen LogP contribution in [0.4, 0.5) is 6.01 Å². The van der Waals surface area contributed by atoms with Gasteiger partial charge in [-0.1, -0.05) is 19.0 Å². The Kier molecular flexibility index (Phi) is 2.46. The Morgan fingerprint density at radius 3 is 2.82 bits per heavy atom. The highest BCUT2D eigenvalue weighted by molar-refractivity contribution is 5.16. The molecule has 0 spiro atoms. The van der Waals surface area contributed by atoms with Crippen LogP contribution >= 0.6 is 0 Å². The summed E-state index contributed by atoms with van der Waals surface area (Å²) in [5.41, 5.74) is 0. The van der Waals surface area contributed by atoms with Crippen molar-refractivity contribution in [1.29, 1.82) is 0 Å². The summed E-state index contributed by atoms with van der Waals surface area (Å²) >= 11 is 0. The normalized spacial score (nSPS) is 13.0. The van der Waals surface area contributed by atoms with Crippen molar-refractivity contribution in [3.8, 4) is 0 Å². The van der Waals surface area contributed by atoms with Crippen molar-refractivity contribution in [2.75, 3.05) is 12.4 Å². The molecule has 0 bridgehead atoms. The lowest BCUT2D eigenvalue weighted by molar-refractivity contribution is 0.418. The molecule has 1 N–H and O–H groups in total. The molecule has 0 aliphatic carbocycles. The molecule has 1 atom stereocenters. The monoisotopic (exact) mass is 155 g/mol. The maximum atomic E-state index is 4.86. The topological polar surface area (TPSA) is 51.0 Å². The molecule has 0 aliphatic rings. The second kappa shape index (κ2) is 3.37. The molecular formula is C7H13N3O. The average molecular weight is 155 g/mol. The lowest BCUT2D eigenvalue weighted by Gasteiger charge is -1.98. The van der Waals surface area contributed by atoms with Gasteiger partial charge in [-0.05, 0) is 6.42 Å². The molecule has 0 aliphatic heterocycles. The molecule has 0 saturated heterocycles. The van der Waals surface area contributed by atoms with Gasteiger partial charge in [0.15, 0.2) is 5.82 Å². The van der Waals surface area contributed by atoms with Crippen LogP contribution in [-0.4, -0.2) is 17.2 Å². The van der Waals surface area contributed by atoms with E-state index in [9.17, 15) is 0 Å². The Labute approximate surface area is 66.0 Å². The highest BCUT2D eigenvalue weighted by atomic mass is 16.5. The van der Waals surface area contributed by atoms with Gasteiger partial charge in [0.25, 0.3) is 0 Å². The molecular weight excluding hydrogens is 142 g/mol. The number of hydrogen-bond donors (Lipinski definition) is 1. The molecule has 1 aromatic rings. The summed E-state index contributed by atoms with van der Waals surface area (Å²) in [6, 6.07) is 0.486. The summed E-state index contributed by atoms with van der Waals surface area (Å²) in [4.78, 5) is 4.11. The van der Waals surface area contributed by atoms with Crippen LogP contribution in [-0.2, 0) is 0 Å². The fourth-order valence-corrected chi connectivity index (χ4v) is 0.719. The molecule has 0 radical (unpaired) electrons. The number of anilines is 1. The third-order valence-corrected chi connectivity index (χ3v) is 1.71. The lowest BCUT2D eigenvalue weighted by Crippen LogP contribution is -1.94. The minimum atomic E-state index is 0.376. The van der Waals surface area contributed by atoms with Gasteiger partial charge in [-0.2, -0.15) is 4.98 Å². The molecule has 1 heterocycles. The van der Waals surface area contributed by atoms with E-state index in [-0.39, 0.29) is 0 Å². The predicted octanol–water partition coefficient (Wildman–Crippen LogP) is 1.62. The maximum absolute atomic E-state index is 4.86. The first-order valence-corrected chi connectivity index (χ1v) is 3.79. The number of aromatic nitrogens is 2. The molecule has 11 heavy (non-hydrogen) atoms. The Morgan fingerprint density at radius 1 is 1.64 bits per heavy atom. The fourth-order valence-electron chi connectivity index (χ4n) is 0.719. The molecule has 0 fully saturated rings. The van der Waals surface area contributed by atoms with Gasteiger partial charge in [0.2, 0.25) is 0 Å². The van der Waals surface area contributed by atoms with E-state index in [2.05, 4.69) is 29.3 Å². The van der Waals surface area contributed by atoms with Crippen LogP contribution in [0, 0.1) is 0 Å². The van der Waals surface area contributed by atoms with Gasteiger partial charge in [0.05, 0.1) is 0 Å². The second-order valence-corrected chi connectivity index (χ2v) is 2.52. The summed E-state index contributed by atoms with van der Waals surface area (Å²) in [7, 11) is 1.76. The maximum Gasteiger partial charge on any atom is 0.321 e. The Hall–Kier alpha value is -1.06. The smallest absolute Gasteiger partial charge is 0.321 e. The van der Waals surface area contributed by atoms with Crippen molar-refractivity contribution in [2.45, 2.75) is 26.2 Å². The highest BCUT2D eigenvalue weighted by Gasteiger charge is 2.10. The minimum Gasteiger partial charge on any atom is -0.341 e. The van der Waals surface area contributed by atoms with Crippen LogP contribution in [0.3, 0.4) is 0 Å². The third-order valence-electron chi connectivity index (χ3n) is 1.71. The first kappa shape index (κ1) is 8.04. The van der Waals surface area contributed by atoms with E-state index in [1.54, 1.807) is 7.05 Å². The van der Waals surface area contributed by atoms with Crippen molar-refractivity contribution in [3.05, 3.63) is 5.82 Å². The first-order valence-electron chi connectivity index (χ1n) is 3.79. The van der Waals surface area contributed by atoms with E-state index in [1.807, 2.05) is 0 Å². The van der Waals surface area contributed by atoms with Crippen LogP contribution in [0.25, 0.3) is 0 Å². The quantitative estimate of drug-likeness (QED) is 0.720. The summed E-state index contributed by atoms with van der Waals surface area (Å²) in [5.74, 6) is 1.15. The van der Waals surface area contributed by atoms with Crippen LogP contribution in [0.5, 0.6) is 0 Å². The van der Waals surface area contributed by atoms with Crippen molar-refractivity contribution < 1.29 is 4.52 Å². The molecule has 1 aromatic heterocycles. The molecule has 62 valence electrons. The fraction of sp³-hybridized carbons (Fsp3) is 0.714. The molecule has 4 heteroatoms. The summed E-state index contributed by atoms with van der Waals surface area (Å²) in [6.07, 6.45) is 1.03. The molecule has 0 aromatic carbocycles. The zero-order valence-electron chi connectivity index (χ0n) is 7.09. The van der Waals surface area contributed by atoms with Crippen LogP contribution in [0.15, 0.2) is 4.52 Å². The number of rotatable bonds is 3. The molecule has 0 saturated carbocycles. The van der Waals surface area contributed by atoms with Crippen LogP contribution in [0.2, 0.25) is 0 Å². The first-order chi connectivity index (χ1) is 5.27. The van der Waals surface area contributed by atoms with E-state index in [1.165, 1.54) is 0 Å². The molecule has 0 amide bonds. The van der Waals surface area contributed by atoms with E-state index in [0.717, 1.165) is 12.2 Å². The van der Waals surface area contributed by atoms with Crippen molar-refractivity contribution in [1.82, 2.24) is 10.1 Å². The van der Waals surface area contributed by atoms with Crippen molar-refractivity contribution in [3.63, 3.8) is 0 Å². The summed E-state index contributed by atoms with van der Waals surface area (Å²) in [5, 5.41) is 6.60. The summed E-state index contributed by atoms with van der Waals surface area (Å²) in [6.45, 7) is 4.17. The van der Waals surface area contributed by atoms with E-state index >= 15 is 0 Å². The van der Waals surface area contributed by atoms with Gasteiger partial charge in [0, 0.05) is 13.0 Å². The van der Waals surface area contributed by atoms with Crippen LogP contribution in [0.1, 0.15) is 32.0 Å². The molecule has 1 unspecified atom stereocenters. The zero-order chi connectivity index (χ0) is 8.27. The molecule has 1 rings (SSSR count). The Bertz CT molecular complexity index is 221. The molecule has 4 nitrogen and oxygen atoms in total. The van der Waals surface area contributed by atoms with Gasteiger partial charge in [-0.3, -0.25) is 0 Å². The number of nitrogens with zero attached hydrogens (tertiary/aromatic N) is 2. The van der Waals surface area contributed by atoms with Crippen molar-refractivity contribution >= 4 is 6.01 Å². The predicted molar refractivity (Wildman–Crippen MR) is 42.6 cm³/mol. The van der Waals surface area contributed by atoms with Gasteiger partial charge in [0.1, 0.15) is 0 Å². The second-order valence-electron chi connectivity index (χ2n) is 2.52. The van der Waals surface area contributed by atoms with Gasteiger partial charge >= 0.3 is 6.01 Å². The zero-order valence-corrected chi connectivity index (χ0v) is 7.09. The Morgan fingerprint density at radius 2 is 2.36 bits per heavy atom. The van der Waals surface area contributed by atoms with E-state index in [0.29, 0.717) is 11.9 Å². The van der Waals surface area contributed by atoms with Crippen molar-refractivity contribution in [2.24, 2.45) is 0 Å². The Balaban J connectivity index is 2.71. The van der Waals surface area contributed by atoms with Gasteiger partial charge in [-0.15, -0.1) is 0 Å². The standard InChI is InChI=1S/C7H13N3O/c1-4-5(2)6-9-7(8-3)11-10-6/h5H,4H2,1-3H3,(H,8,9,10).